The minimum atomic E-state index is -1.94. The third-order valence-corrected chi connectivity index (χ3v) is 16.6. The molecule has 1 rings (SSSR count). The van der Waals surface area contributed by atoms with Gasteiger partial charge in [-0.15, -0.1) is 0 Å². The maximum absolute atomic E-state index is 2.88. The average molecular weight is 403 g/mol. The predicted octanol–water partition coefficient (Wildman–Crippen LogP) is 4.04. The molecule has 1 heterocycles. The molecule has 0 aliphatic carbocycles. The Hall–Kier alpha value is 0.679. The van der Waals surface area contributed by atoms with Gasteiger partial charge in [0.25, 0.3) is 0 Å². The van der Waals surface area contributed by atoms with Gasteiger partial charge >= 0.3 is 142 Å². The fraction of sp³-hybridized carbons (Fsp3) is 1.00. The van der Waals surface area contributed by atoms with Crippen LogP contribution >= 0.6 is 0 Å². The third kappa shape index (κ3) is 3.96. The van der Waals surface area contributed by atoms with E-state index < -0.39 is 20.6 Å². The van der Waals surface area contributed by atoms with Gasteiger partial charge in [-0.1, -0.05) is 0 Å². The summed E-state index contributed by atoms with van der Waals surface area (Å²) in [5.74, 6) is 0. The Morgan fingerprint density at radius 2 is 1.19 bits per heavy atom. The number of hydrogen-bond donors (Lipinski definition) is 0. The number of nitrogens with zero attached hydrogens (tertiary/aromatic N) is 3. The van der Waals surface area contributed by atoms with Crippen molar-refractivity contribution in [3.63, 3.8) is 0 Å². The van der Waals surface area contributed by atoms with Crippen molar-refractivity contribution < 1.29 is 0 Å². The van der Waals surface area contributed by atoms with E-state index in [2.05, 4.69) is 78.6 Å². The Bertz CT molecular complexity index is 309. The van der Waals surface area contributed by atoms with Gasteiger partial charge < -0.3 is 0 Å². The van der Waals surface area contributed by atoms with E-state index in [4.69, 9.17) is 0 Å². The fourth-order valence-corrected chi connectivity index (χ4v) is 12.9. The number of rotatable bonds is 7. The van der Waals surface area contributed by atoms with E-state index in [1.165, 1.54) is 19.5 Å². The van der Waals surface area contributed by atoms with Crippen molar-refractivity contribution in [2.45, 2.75) is 105 Å². The minimum absolute atomic E-state index is 0.344. The first-order valence-corrected chi connectivity index (χ1v) is 12.5. The van der Waals surface area contributed by atoms with E-state index in [-0.39, 0.29) is 0 Å². The molecule has 0 aromatic heterocycles. The molecule has 0 spiro atoms. The summed E-state index contributed by atoms with van der Waals surface area (Å²) in [6.45, 7) is 25.1. The van der Waals surface area contributed by atoms with E-state index in [1.54, 1.807) is 0 Å². The van der Waals surface area contributed by atoms with Gasteiger partial charge in [0.15, 0.2) is 0 Å². The summed E-state index contributed by atoms with van der Waals surface area (Å²) in [5, 5.41) is 0. The molecule has 0 amide bonds. The molecule has 125 valence electrons. The van der Waals surface area contributed by atoms with Gasteiger partial charge in [0, 0.05) is 0 Å². The molecule has 1 saturated heterocycles. The zero-order valence-electron chi connectivity index (χ0n) is 16.1. The van der Waals surface area contributed by atoms with Gasteiger partial charge in [0.05, 0.1) is 0 Å². The van der Waals surface area contributed by atoms with Crippen molar-refractivity contribution in [1.29, 1.82) is 0 Å². The van der Waals surface area contributed by atoms with E-state index in [0.29, 0.717) is 23.2 Å². The first-order chi connectivity index (χ1) is 9.49. The molecule has 0 saturated carbocycles. The van der Waals surface area contributed by atoms with Gasteiger partial charge in [-0.2, -0.15) is 0 Å². The summed E-state index contributed by atoms with van der Waals surface area (Å²) in [5.41, 5.74) is 0.689. The zero-order valence-corrected chi connectivity index (χ0v) is 19.0. The summed E-state index contributed by atoms with van der Waals surface area (Å²) in [7, 11) is 0. The molecule has 21 heavy (non-hydrogen) atoms. The van der Waals surface area contributed by atoms with E-state index in [1.807, 2.05) is 0 Å². The van der Waals surface area contributed by atoms with Crippen LogP contribution in [0.5, 0.6) is 0 Å². The fourth-order valence-electron chi connectivity index (χ4n) is 2.98. The second-order valence-corrected chi connectivity index (χ2v) is 14.5. The van der Waals surface area contributed by atoms with Crippen LogP contribution in [0.15, 0.2) is 0 Å². The Balaban J connectivity index is 3.12. The van der Waals surface area contributed by atoms with Crippen LogP contribution in [0, 0.1) is 0 Å². The SMILES string of the molecule is CCC(C)(C)[N]1C[N](C(C)(C)CC)[Sn]1[N](C(C)C)C(C)C. The Kier molecular flexibility index (Phi) is 6.63. The molecule has 0 aromatic rings. The molecule has 1 radical (unpaired) electrons. The molecule has 3 nitrogen and oxygen atoms in total. The van der Waals surface area contributed by atoms with E-state index in [0.717, 1.165) is 0 Å². The monoisotopic (exact) mass is 404 g/mol. The molecule has 0 N–H and O–H groups in total. The number of hydrogen-bond acceptors (Lipinski definition) is 3. The molecular weight excluding hydrogens is 365 g/mol. The van der Waals surface area contributed by atoms with Crippen molar-refractivity contribution in [1.82, 2.24) is 9.36 Å². The van der Waals surface area contributed by atoms with Crippen LogP contribution in [0.2, 0.25) is 0 Å². The predicted molar refractivity (Wildman–Crippen MR) is 95.2 cm³/mol. The molecule has 1 aliphatic rings. The van der Waals surface area contributed by atoms with Crippen LogP contribution in [0.4, 0.5) is 0 Å². The van der Waals surface area contributed by atoms with Crippen molar-refractivity contribution in [3.8, 4) is 0 Å². The Morgan fingerprint density at radius 1 is 0.857 bits per heavy atom. The third-order valence-electron chi connectivity index (χ3n) is 5.30. The molecule has 1 aliphatic heterocycles. The molecule has 0 unspecified atom stereocenters. The molecule has 4 heteroatoms. The molecule has 0 bridgehead atoms. The second kappa shape index (κ2) is 7.06. The summed E-state index contributed by atoms with van der Waals surface area (Å²) < 4.78 is 8.62. The summed E-state index contributed by atoms with van der Waals surface area (Å²) in [6, 6.07) is 1.29. The van der Waals surface area contributed by atoms with Crippen molar-refractivity contribution in [2.24, 2.45) is 0 Å². The Labute approximate surface area is 141 Å². The second-order valence-electron chi connectivity index (χ2n) is 8.22. The maximum atomic E-state index is 2.88. The van der Waals surface area contributed by atoms with E-state index in [9.17, 15) is 0 Å². The molecule has 0 atom stereocenters. The zero-order chi connectivity index (χ0) is 16.6. The Morgan fingerprint density at radius 3 is 1.43 bits per heavy atom. The van der Waals surface area contributed by atoms with Gasteiger partial charge in [-0.25, -0.2) is 0 Å². The standard InChI is InChI=1S/C11H24N2.C6H14N.Sn/c1-7-10(3,4)12-9-13-11(5,6)8-2;1-5(2)7-6(3)4;/h7-9H2,1-6H3;5-6H,1-4H3;/q-2;-1;+3. The van der Waals surface area contributed by atoms with Gasteiger partial charge in [0.2, 0.25) is 0 Å². The van der Waals surface area contributed by atoms with Crippen molar-refractivity contribution >= 4 is 20.6 Å². The van der Waals surface area contributed by atoms with Crippen molar-refractivity contribution in [2.75, 3.05) is 6.67 Å². The summed E-state index contributed by atoms with van der Waals surface area (Å²) in [6.07, 6.45) is 2.48. The van der Waals surface area contributed by atoms with Gasteiger partial charge in [-0.3, -0.25) is 0 Å². The average Bonchev–Trinajstić information content (AvgIpc) is 2.32. The van der Waals surface area contributed by atoms with Gasteiger partial charge in [0.1, 0.15) is 0 Å². The van der Waals surface area contributed by atoms with Crippen LogP contribution in [0.1, 0.15) is 82.1 Å². The van der Waals surface area contributed by atoms with Crippen LogP contribution in [-0.4, -0.2) is 59.8 Å². The van der Waals surface area contributed by atoms with E-state index >= 15 is 0 Å². The molecular formula is C17H38N3Sn. The summed E-state index contributed by atoms with van der Waals surface area (Å²) in [4.78, 5) is 0. The summed E-state index contributed by atoms with van der Waals surface area (Å²) >= 11 is -1.94. The van der Waals surface area contributed by atoms with Crippen molar-refractivity contribution in [3.05, 3.63) is 0 Å². The topological polar surface area (TPSA) is 9.72 Å². The van der Waals surface area contributed by atoms with Crippen LogP contribution in [-0.2, 0) is 0 Å². The van der Waals surface area contributed by atoms with Crippen LogP contribution < -0.4 is 0 Å². The van der Waals surface area contributed by atoms with Crippen LogP contribution in [0.3, 0.4) is 0 Å². The van der Waals surface area contributed by atoms with Gasteiger partial charge in [-0.05, 0) is 0 Å². The quantitative estimate of drug-likeness (QED) is 0.595. The van der Waals surface area contributed by atoms with Crippen LogP contribution in [0.25, 0.3) is 0 Å². The first kappa shape index (κ1) is 19.7. The first-order valence-electron chi connectivity index (χ1n) is 8.70. The molecule has 0 aromatic carbocycles. The molecule has 1 fully saturated rings. The normalized spacial score (nSPS) is 19.9.